The minimum Gasteiger partial charge on any atom is -0.456 e. The van der Waals surface area contributed by atoms with Crippen LogP contribution in [0, 0.1) is 73.6 Å². The summed E-state index contributed by atoms with van der Waals surface area (Å²) in [6.07, 6.45) is 5.70. The standard InChI is InChI=1S/C55H43N3OP.C43H33NOP.C35H33NP.3Ir/c1-37-12-20-43(21-13-37)57(44-22-14-38(2)15-23-44)47-28-30-53-51(35-47)59-52-36-48(58(45-24-16-39(3)17-25-45)46-26-18-40(4)19-27-46)29-31-54(52)60(53)49-10-7-9-42(34-49)55-50-11-6-5-8-41(50)32-33-56-55;1-27-18-28(2)21-35(20-27)32-12-14-41-39(25-32)45-40-26-33(36-22-29(3)19-30(4)23-36)13-15-42(40)46(41)37-10-7-9-34(24-37)43-38-11-6-5-8-31(38)16-17-44-43;1-34(2,3)25-14-16-31-29(21-25)30-22-26(35(4,5)6)15-17-32(30)37(31)27-12-9-11-24(20-27)33-28-13-8-7-10-23(28)18-19-36-33;;;/h5-8,10-36H,1-4H3;5-8,10-26H,1-4H3;7-10,12-22H,1-6H3;;;/q3*-1;;;. The Kier molecular flexibility index (Phi) is 29.5. The van der Waals surface area contributed by atoms with Crippen LogP contribution in [0.1, 0.15) is 97.2 Å². The van der Waals surface area contributed by atoms with Gasteiger partial charge in [0.1, 0.15) is 23.0 Å². The van der Waals surface area contributed by atoms with Crippen LogP contribution in [-0.4, -0.2) is 15.0 Å². The Balaban J connectivity index is 0.000000141. The topological polar surface area (TPSA) is 63.6 Å². The van der Waals surface area contributed by atoms with Gasteiger partial charge in [-0.05, 0) is 315 Å². The van der Waals surface area contributed by atoms with E-state index in [0.717, 1.165) is 118 Å². The Hall–Kier alpha value is -13.5. The number of hydrogen-bond acceptors (Lipinski definition) is 7. The summed E-state index contributed by atoms with van der Waals surface area (Å²) in [4.78, 5) is 19.1. The first-order chi connectivity index (χ1) is 69.4. The molecule has 0 spiro atoms. The van der Waals surface area contributed by atoms with E-state index in [1.54, 1.807) is 0 Å². The van der Waals surface area contributed by atoms with E-state index in [1.165, 1.54) is 141 Å². The Morgan fingerprint density at radius 2 is 0.541 bits per heavy atom. The normalized spacial score (nSPS) is 12.1. The summed E-state index contributed by atoms with van der Waals surface area (Å²) in [6.45, 7) is 30.9. The molecule has 0 amide bonds. The molecular formula is C133H109Ir3N5O2P3-3. The van der Waals surface area contributed by atoms with Crippen molar-refractivity contribution >= 4 is 143 Å². The molecule has 4 aromatic heterocycles. The number of anilines is 6. The number of aromatic nitrogens is 3. The fraction of sp³-hybridized carbons (Fsp3) is 0.120. The second kappa shape index (κ2) is 42.5. The summed E-state index contributed by atoms with van der Waals surface area (Å²) >= 11 is 0. The minimum absolute atomic E-state index is 0. The molecule has 0 atom stereocenters. The van der Waals surface area contributed by atoms with Crippen LogP contribution >= 0.6 is 23.4 Å². The van der Waals surface area contributed by atoms with E-state index < -0.39 is 23.4 Å². The molecule has 7 nitrogen and oxygen atoms in total. The van der Waals surface area contributed by atoms with Crippen molar-refractivity contribution in [3.05, 3.63) is 481 Å². The van der Waals surface area contributed by atoms with Crippen LogP contribution < -0.4 is 51.1 Å². The molecule has 13 heteroatoms. The Morgan fingerprint density at radius 1 is 0.247 bits per heavy atom. The maximum Gasteiger partial charge on any atom is 0.137 e. The van der Waals surface area contributed by atoms with Crippen LogP contribution in [0.15, 0.2) is 407 Å². The zero-order valence-electron chi connectivity index (χ0n) is 84.1. The first-order valence-corrected chi connectivity index (χ1v) is 53.1. The average Bonchev–Trinajstić information content (AvgIpc) is 1.61. The number of rotatable bonds is 14. The molecule has 24 rings (SSSR count). The maximum atomic E-state index is 7.15. The molecule has 3 radical (unpaired) electrons. The van der Waals surface area contributed by atoms with Gasteiger partial charge in [-0.25, -0.2) is 0 Å². The van der Waals surface area contributed by atoms with Crippen LogP contribution in [0.3, 0.4) is 0 Å². The second-order valence-corrected chi connectivity index (χ2v) is 46.6. The van der Waals surface area contributed by atoms with Crippen LogP contribution in [0.4, 0.5) is 34.1 Å². The third-order valence-corrected chi connectivity index (χ3v) is 35.0. The summed E-state index contributed by atoms with van der Waals surface area (Å²) in [6, 6.07) is 152. The fourth-order valence-electron chi connectivity index (χ4n) is 20.2. The molecule has 18 aromatic carbocycles. The first-order valence-electron chi connectivity index (χ1n) is 49.1. The maximum absolute atomic E-state index is 7.15. The second-order valence-electron chi connectivity index (χ2n) is 40.1. The van der Waals surface area contributed by atoms with E-state index in [2.05, 4.69) is 513 Å². The average molecular weight is 2480 g/mol. The van der Waals surface area contributed by atoms with Gasteiger partial charge in [0.05, 0.1) is 0 Å². The van der Waals surface area contributed by atoms with Gasteiger partial charge in [-0.1, -0.05) is 291 Å². The van der Waals surface area contributed by atoms with Crippen molar-refractivity contribution in [2.45, 2.75) is 108 Å². The zero-order chi connectivity index (χ0) is 98.1. The van der Waals surface area contributed by atoms with Crippen molar-refractivity contribution in [2.75, 3.05) is 9.80 Å². The monoisotopic (exact) mass is 2480 g/mol. The van der Waals surface area contributed by atoms with E-state index in [1.807, 2.05) is 18.6 Å². The van der Waals surface area contributed by atoms with Crippen molar-refractivity contribution in [3.63, 3.8) is 0 Å². The van der Waals surface area contributed by atoms with Crippen molar-refractivity contribution in [1.82, 2.24) is 15.0 Å². The van der Waals surface area contributed by atoms with Crippen molar-refractivity contribution in [2.24, 2.45) is 0 Å². The molecule has 0 fully saturated rings. The molecule has 0 bridgehead atoms. The Morgan fingerprint density at radius 3 is 0.870 bits per heavy atom. The largest absolute Gasteiger partial charge is 0.456 e. The van der Waals surface area contributed by atoms with E-state index in [9.17, 15) is 0 Å². The number of hydrogen-bond donors (Lipinski definition) is 0. The van der Waals surface area contributed by atoms with E-state index in [4.69, 9.17) is 24.4 Å². The molecule has 6 heterocycles. The Labute approximate surface area is 902 Å². The third kappa shape index (κ3) is 20.7. The Bertz CT molecular complexity index is 8220. The molecule has 0 saturated heterocycles. The number of benzene rings is 18. The predicted molar refractivity (Wildman–Crippen MR) is 610 cm³/mol. The number of ether oxygens (including phenoxy) is 2. The van der Waals surface area contributed by atoms with E-state index >= 15 is 0 Å². The molecule has 2 aliphatic rings. The van der Waals surface area contributed by atoms with Crippen molar-refractivity contribution in [3.8, 4) is 84.3 Å². The predicted octanol–water partition coefficient (Wildman–Crippen LogP) is 34.4. The number of fused-ring (bicyclic) bond motifs is 10. The summed E-state index contributed by atoms with van der Waals surface area (Å²) in [5.74, 6) is 3.54. The number of nitrogens with zero attached hydrogens (tertiary/aromatic N) is 5. The number of aryl methyl sites for hydroxylation is 8. The van der Waals surface area contributed by atoms with Crippen LogP contribution in [-0.2, 0) is 71.1 Å². The van der Waals surface area contributed by atoms with Gasteiger partial charge >= 0.3 is 0 Å². The van der Waals surface area contributed by atoms with Gasteiger partial charge in [-0.3, -0.25) is 0 Å². The SMILES string of the molecule is CC(C)(C)c1ccc2c(c1)c1cc(C(C)(C)C)ccc1p2-c1cc[c-]c(-c2nccc3ccccc23)c1.Cc1cc(C)cc(-c2ccc3c(c2)Oc2cc(-c4cc(C)cc(C)c4)ccc2P3c2cc[c-]c(-c3nccc4ccccc34)c2)c1.Cc1ccc(N(c2ccc(C)cc2)c2ccc3c(c2)Oc2cc(N(c4ccc(C)cc4)c4ccc(C)cc4)ccc2P3c2cc[c-]c(-c3nccc4ccccc34)c2)cc1.[Ir].[Ir].[Ir]. The fourth-order valence-corrected chi connectivity index (χ4v) is 27.6. The molecule has 0 aliphatic carbocycles. The molecule has 723 valence electrons. The van der Waals surface area contributed by atoms with Crippen molar-refractivity contribution in [1.29, 1.82) is 0 Å². The van der Waals surface area contributed by atoms with E-state index in [0.29, 0.717) is 0 Å². The van der Waals surface area contributed by atoms with Gasteiger partial charge in [-0.15, -0.1) is 89.5 Å². The molecular weight excluding hydrogens is 2370 g/mol. The molecule has 0 N–H and O–H groups in total. The molecule has 0 saturated carbocycles. The quantitative estimate of drug-likeness (QED) is 0.0794. The number of pyridine rings is 3. The summed E-state index contributed by atoms with van der Waals surface area (Å²) in [5, 5.41) is 21.3. The van der Waals surface area contributed by atoms with Crippen molar-refractivity contribution < 1.29 is 69.8 Å². The van der Waals surface area contributed by atoms with E-state index in [-0.39, 0.29) is 71.1 Å². The summed E-state index contributed by atoms with van der Waals surface area (Å²) < 4.78 is 14.0. The smallest absolute Gasteiger partial charge is 0.137 e. The van der Waals surface area contributed by atoms with Crippen LogP contribution in [0.2, 0.25) is 0 Å². The zero-order valence-corrected chi connectivity index (χ0v) is 93.9. The van der Waals surface area contributed by atoms with Gasteiger partial charge in [0.15, 0.2) is 0 Å². The van der Waals surface area contributed by atoms with Crippen LogP contribution in [0.5, 0.6) is 23.0 Å². The summed E-state index contributed by atoms with van der Waals surface area (Å²) in [7, 11) is -2.63. The van der Waals surface area contributed by atoms with Gasteiger partial charge in [0, 0.05) is 157 Å². The third-order valence-electron chi connectivity index (χ3n) is 27.4. The van der Waals surface area contributed by atoms with Gasteiger partial charge in [-0.2, -0.15) is 0 Å². The molecule has 22 aromatic rings. The summed E-state index contributed by atoms with van der Waals surface area (Å²) in [5.41, 5.74) is 30.0. The van der Waals surface area contributed by atoms with Gasteiger partial charge in [0.25, 0.3) is 0 Å². The van der Waals surface area contributed by atoms with Crippen LogP contribution in [0.25, 0.3) is 115 Å². The molecule has 2 aliphatic heterocycles. The molecule has 0 unspecified atom stereocenters. The minimum atomic E-state index is -1.06. The molecule has 146 heavy (non-hydrogen) atoms. The van der Waals surface area contributed by atoms with Gasteiger partial charge in [0.2, 0.25) is 0 Å². The van der Waals surface area contributed by atoms with Gasteiger partial charge < -0.3 is 34.2 Å². The first kappa shape index (κ1) is 101.